The van der Waals surface area contributed by atoms with Crippen LogP contribution in [0.2, 0.25) is 0 Å². The fourth-order valence-electron chi connectivity index (χ4n) is 8.95. The number of hydrogen-bond donors (Lipinski definition) is 1. The number of nitrogens with one attached hydrogen (secondary N) is 1. The maximum absolute atomic E-state index is 13.2. The van der Waals surface area contributed by atoms with Crippen LogP contribution in [-0.2, 0) is 16.0 Å². The maximum Gasteiger partial charge on any atom is 0.144 e. The standard InChI is InChI=1S/C26H40N2O2/c1-25-10-8-17(16-30-3)14-18(25)4-5-19-20-6-7-22(26(20,2)11-9-21(19)25)23(29)15-24-27-12-13-28-24/h12-13,17-22H,4-11,14-16H2,1-3H3,(H,27,28)/t17-,18-,19-,20-,21-,22+,25-,26-/m0/s1. The second-order valence-corrected chi connectivity index (χ2v) is 11.6. The molecule has 4 aliphatic rings. The van der Waals surface area contributed by atoms with Crippen LogP contribution in [0.25, 0.3) is 0 Å². The lowest BCUT2D eigenvalue weighted by Crippen LogP contribution is -2.54. The average Bonchev–Trinajstić information content (AvgIpc) is 3.35. The molecular weight excluding hydrogens is 372 g/mol. The summed E-state index contributed by atoms with van der Waals surface area (Å²) in [6.45, 7) is 6.05. The predicted octanol–water partition coefficient (Wildman–Crippen LogP) is 5.44. The third-order valence-corrected chi connectivity index (χ3v) is 10.5. The molecule has 0 spiro atoms. The number of H-pyrrole nitrogens is 1. The number of carbonyl (C=O) groups excluding carboxylic acids is 1. The summed E-state index contributed by atoms with van der Waals surface area (Å²) in [5, 5.41) is 0. The molecule has 4 nitrogen and oxygen atoms in total. The summed E-state index contributed by atoms with van der Waals surface area (Å²) in [5.74, 6) is 5.60. The molecule has 0 unspecified atom stereocenters. The predicted molar refractivity (Wildman–Crippen MR) is 118 cm³/mol. The Kier molecular flexibility index (Phi) is 5.36. The van der Waals surface area contributed by atoms with Gasteiger partial charge in [-0.3, -0.25) is 4.79 Å². The van der Waals surface area contributed by atoms with Crippen molar-refractivity contribution in [1.82, 2.24) is 9.97 Å². The maximum atomic E-state index is 13.2. The molecule has 1 aromatic rings. The zero-order valence-corrected chi connectivity index (χ0v) is 19.2. The van der Waals surface area contributed by atoms with Crippen LogP contribution < -0.4 is 0 Å². The van der Waals surface area contributed by atoms with Crippen LogP contribution in [0.1, 0.15) is 77.5 Å². The normalized spacial score (nSPS) is 45.4. The molecule has 0 aliphatic heterocycles. The number of ketones is 1. The van der Waals surface area contributed by atoms with Gasteiger partial charge in [0, 0.05) is 32.0 Å². The number of ether oxygens (including phenoxy) is 1. The lowest BCUT2D eigenvalue weighted by molar-refractivity contribution is -0.137. The van der Waals surface area contributed by atoms with Gasteiger partial charge in [0.1, 0.15) is 11.6 Å². The monoisotopic (exact) mass is 412 g/mol. The summed E-state index contributed by atoms with van der Waals surface area (Å²) in [6.07, 6.45) is 15.9. The van der Waals surface area contributed by atoms with Crippen LogP contribution in [0.5, 0.6) is 0 Å². The second kappa shape index (κ2) is 7.76. The number of hydrogen-bond acceptors (Lipinski definition) is 3. The lowest BCUT2D eigenvalue weighted by Gasteiger charge is -2.61. The first-order valence-electron chi connectivity index (χ1n) is 12.5. The van der Waals surface area contributed by atoms with Crippen molar-refractivity contribution in [2.45, 2.75) is 78.1 Å². The summed E-state index contributed by atoms with van der Waals surface area (Å²) < 4.78 is 5.50. The zero-order valence-electron chi connectivity index (χ0n) is 19.2. The minimum absolute atomic E-state index is 0.210. The van der Waals surface area contributed by atoms with Gasteiger partial charge in [-0.25, -0.2) is 4.98 Å². The molecular formula is C26H40N2O2. The van der Waals surface area contributed by atoms with Crippen molar-refractivity contribution in [3.8, 4) is 0 Å². The van der Waals surface area contributed by atoms with Crippen LogP contribution in [0.3, 0.4) is 0 Å². The van der Waals surface area contributed by atoms with Gasteiger partial charge in [0.05, 0.1) is 6.42 Å². The highest BCUT2D eigenvalue weighted by molar-refractivity contribution is 5.83. The summed E-state index contributed by atoms with van der Waals surface area (Å²) in [6, 6.07) is 0. The third kappa shape index (κ3) is 3.20. The Morgan fingerprint density at radius 3 is 2.67 bits per heavy atom. The van der Waals surface area contributed by atoms with Crippen molar-refractivity contribution in [3.63, 3.8) is 0 Å². The molecule has 4 saturated carbocycles. The fraction of sp³-hybridized carbons (Fsp3) is 0.846. The smallest absolute Gasteiger partial charge is 0.144 e. The molecule has 0 aromatic carbocycles. The fourth-order valence-corrected chi connectivity index (χ4v) is 8.95. The van der Waals surface area contributed by atoms with E-state index in [-0.39, 0.29) is 11.3 Å². The minimum atomic E-state index is 0.210. The van der Waals surface area contributed by atoms with E-state index in [4.69, 9.17) is 4.74 Å². The molecule has 0 bridgehead atoms. The van der Waals surface area contributed by atoms with Crippen molar-refractivity contribution < 1.29 is 9.53 Å². The molecule has 4 heteroatoms. The van der Waals surface area contributed by atoms with Gasteiger partial charge in [0.2, 0.25) is 0 Å². The van der Waals surface area contributed by atoms with Crippen LogP contribution in [0.4, 0.5) is 0 Å². The molecule has 0 saturated heterocycles. The van der Waals surface area contributed by atoms with Gasteiger partial charge >= 0.3 is 0 Å². The van der Waals surface area contributed by atoms with Crippen LogP contribution in [0, 0.1) is 46.3 Å². The number of aromatic amines is 1. The molecule has 5 rings (SSSR count). The van der Waals surface area contributed by atoms with Crippen molar-refractivity contribution in [1.29, 1.82) is 0 Å². The average molecular weight is 413 g/mol. The SMILES string of the molecule is COC[C@H]1CC[C@@]2(C)[C@@H](CC[C@@H]3[C@@H]2CC[C@]2(C)[C@@H](C(=O)Cc4ncc[nH]4)CC[C@@H]32)C1. The highest BCUT2D eigenvalue weighted by atomic mass is 16.5. The molecule has 1 aromatic heterocycles. The number of rotatable bonds is 5. The topological polar surface area (TPSA) is 55.0 Å². The quantitative estimate of drug-likeness (QED) is 0.700. The van der Waals surface area contributed by atoms with Crippen LogP contribution in [0.15, 0.2) is 12.4 Å². The van der Waals surface area contributed by atoms with Gasteiger partial charge in [-0.1, -0.05) is 13.8 Å². The Bertz CT molecular complexity index is 761. The first kappa shape index (κ1) is 20.7. The van der Waals surface area contributed by atoms with Gasteiger partial charge in [-0.15, -0.1) is 0 Å². The van der Waals surface area contributed by atoms with E-state index >= 15 is 0 Å². The molecule has 0 amide bonds. The number of fused-ring (bicyclic) bond motifs is 5. The van der Waals surface area contributed by atoms with E-state index in [9.17, 15) is 4.79 Å². The van der Waals surface area contributed by atoms with Crippen molar-refractivity contribution in [2.75, 3.05) is 13.7 Å². The molecule has 166 valence electrons. The summed E-state index contributed by atoms with van der Waals surface area (Å²) >= 11 is 0. The summed E-state index contributed by atoms with van der Waals surface area (Å²) in [4.78, 5) is 20.7. The lowest BCUT2D eigenvalue weighted by atomic mass is 9.44. The van der Waals surface area contributed by atoms with Gasteiger partial charge < -0.3 is 9.72 Å². The first-order valence-corrected chi connectivity index (χ1v) is 12.5. The Morgan fingerprint density at radius 2 is 1.90 bits per heavy atom. The molecule has 8 atom stereocenters. The van der Waals surface area contributed by atoms with Gasteiger partial charge in [-0.2, -0.15) is 0 Å². The highest BCUT2D eigenvalue weighted by Gasteiger charge is 2.61. The molecule has 30 heavy (non-hydrogen) atoms. The number of aromatic nitrogens is 2. The number of carbonyl (C=O) groups is 1. The van der Waals surface area contributed by atoms with E-state index < -0.39 is 0 Å². The van der Waals surface area contributed by atoms with Crippen molar-refractivity contribution in [2.24, 2.45) is 46.3 Å². The summed E-state index contributed by atoms with van der Waals surface area (Å²) in [5.41, 5.74) is 0.728. The van der Waals surface area contributed by atoms with Gasteiger partial charge in [-0.05, 0) is 98.2 Å². The van der Waals surface area contributed by atoms with Gasteiger partial charge in [0.25, 0.3) is 0 Å². The summed E-state index contributed by atoms with van der Waals surface area (Å²) in [7, 11) is 1.86. The van der Waals surface area contributed by atoms with E-state index in [1.54, 1.807) is 6.20 Å². The molecule has 4 fully saturated rings. The number of Topliss-reactive ketones (excluding diaryl/α,β-unsaturated/α-hetero) is 1. The molecule has 0 radical (unpaired) electrons. The van der Waals surface area contributed by atoms with Gasteiger partial charge in [0.15, 0.2) is 0 Å². The van der Waals surface area contributed by atoms with E-state index in [2.05, 4.69) is 23.8 Å². The van der Waals surface area contributed by atoms with E-state index in [0.29, 0.717) is 17.6 Å². The minimum Gasteiger partial charge on any atom is -0.384 e. The second-order valence-electron chi connectivity index (χ2n) is 11.6. The van der Waals surface area contributed by atoms with Crippen molar-refractivity contribution >= 4 is 5.78 Å². The molecule has 4 aliphatic carbocycles. The first-order chi connectivity index (χ1) is 14.5. The molecule has 1 N–H and O–H groups in total. The van der Waals surface area contributed by atoms with E-state index in [1.165, 1.54) is 51.4 Å². The number of nitrogens with zero attached hydrogens (tertiary/aromatic N) is 1. The Morgan fingerprint density at radius 1 is 1.10 bits per heavy atom. The Labute approximate surface area is 182 Å². The van der Waals surface area contributed by atoms with Crippen LogP contribution in [-0.4, -0.2) is 29.5 Å². The van der Waals surface area contributed by atoms with Crippen LogP contribution >= 0.6 is 0 Å². The third-order valence-electron chi connectivity index (χ3n) is 10.5. The number of methoxy groups -OCH3 is 1. The van der Waals surface area contributed by atoms with Crippen molar-refractivity contribution in [3.05, 3.63) is 18.2 Å². The number of imidazole rings is 1. The Hall–Kier alpha value is -1.16. The zero-order chi connectivity index (χ0) is 20.9. The van der Waals surface area contributed by atoms with E-state index in [1.807, 2.05) is 13.3 Å². The largest absolute Gasteiger partial charge is 0.384 e. The van der Waals surface area contributed by atoms with E-state index in [0.717, 1.165) is 48.4 Å². The highest BCUT2D eigenvalue weighted by Crippen LogP contribution is 2.67. The Balaban J connectivity index is 1.32. The molecule has 1 heterocycles.